The van der Waals surface area contributed by atoms with Gasteiger partial charge in [-0.2, -0.15) is 0 Å². The molecule has 0 amide bonds. The van der Waals surface area contributed by atoms with Crippen LogP contribution in [0.15, 0.2) is 65.6 Å². The molecule has 162 valence electrons. The molecule has 1 N–H and O–H groups in total. The maximum absolute atomic E-state index is 12.9. The molecule has 0 bridgehead atoms. The first-order chi connectivity index (χ1) is 15.6. The largest absolute Gasteiger partial charge is 0.508 e. The van der Waals surface area contributed by atoms with Gasteiger partial charge in [0.25, 0.3) is 5.56 Å². The molecule has 2 aromatic heterocycles. The van der Waals surface area contributed by atoms with Crippen LogP contribution in [0.25, 0.3) is 16.6 Å². The maximum Gasteiger partial charge on any atom is 0.508 e. The molecule has 1 aliphatic rings. The minimum absolute atomic E-state index is 0.159. The van der Waals surface area contributed by atoms with Crippen LogP contribution in [0, 0.1) is 0 Å². The summed E-state index contributed by atoms with van der Waals surface area (Å²) in [6, 6.07) is 16.4. The second kappa shape index (κ2) is 8.51. The second-order valence-electron chi connectivity index (χ2n) is 7.71. The summed E-state index contributed by atoms with van der Waals surface area (Å²) in [6.07, 6.45) is 2.31. The van der Waals surface area contributed by atoms with Crippen LogP contribution in [0.5, 0.6) is 0 Å². The van der Waals surface area contributed by atoms with Gasteiger partial charge in [-0.15, -0.1) is 0 Å². The highest BCUT2D eigenvalue weighted by Crippen LogP contribution is 2.27. The molecule has 5 rings (SSSR count). The average molecular weight is 450 g/mol. The quantitative estimate of drug-likeness (QED) is 0.461. The number of aromatic nitrogens is 3. The smallest absolute Gasteiger partial charge is 0.431 e. The Hall–Kier alpha value is -3.58. The number of carbonyl (C=O) groups excluding carboxylic acids is 1. The first kappa shape index (κ1) is 20.3. The molecule has 0 fully saturated rings. The Bertz CT molecular complexity index is 1330. The summed E-state index contributed by atoms with van der Waals surface area (Å²) in [6.45, 7) is 0.159. The van der Waals surface area contributed by atoms with Crippen LogP contribution in [0.1, 0.15) is 23.2 Å². The fraction of sp³-hybridized carbons (Fsp3) is 0.208. The molecule has 1 atom stereocenters. The minimum atomic E-state index is -0.699. The summed E-state index contributed by atoms with van der Waals surface area (Å²) < 4.78 is 12.3. The van der Waals surface area contributed by atoms with E-state index < -0.39 is 6.16 Å². The van der Waals surface area contributed by atoms with Gasteiger partial charge in [0.15, 0.2) is 0 Å². The molecule has 1 unspecified atom stereocenters. The van der Waals surface area contributed by atoms with Gasteiger partial charge in [0.05, 0.1) is 16.6 Å². The molecule has 0 aliphatic heterocycles. The van der Waals surface area contributed by atoms with Crippen molar-refractivity contribution in [2.75, 3.05) is 0 Å². The standard InChI is InChI=1S/C24H20ClN3O4/c25-16-6-8-17(9-7-16)28-23(29)20-13-26-21-11-10-18(12-19(21)22(20)27-28)32-24(30)31-14-15-4-2-1-3-5-15/h1-9,13,18,27H,10-12,14H2. The normalized spacial score (nSPS) is 15.3. The van der Waals surface area contributed by atoms with Crippen molar-refractivity contribution in [2.24, 2.45) is 0 Å². The summed E-state index contributed by atoms with van der Waals surface area (Å²) in [5.41, 5.74) is 3.88. The predicted molar refractivity (Wildman–Crippen MR) is 120 cm³/mol. The highest BCUT2D eigenvalue weighted by molar-refractivity contribution is 6.30. The third-order valence-corrected chi connectivity index (χ3v) is 5.86. The molecule has 0 saturated heterocycles. The van der Waals surface area contributed by atoms with Gasteiger partial charge in [-0.05, 0) is 42.7 Å². The fourth-order valence-corrected chi connectivity index (χ4v) is 4.11. The molecule has 7 nitrogen and oxygen atoms in total. The molecular weight excluding hydrogens is 430 g/mol. The zero-order valence-electron chi connectivity index (χ0n) is 17.1. The predicted octanol–water partition coefficient (Wildman–Crippen LogP) is 4.58. The van der Waals surface area contributed by atoms with Crippen molar-refractivity contribution < 1.29 is 14.3 Å². The Morgan fingerprint density at radius 1 is 1.16 bits per heavy atom. The monoisotopic (exact) mass is 449 g/mol. The van der Waals surface area contributed by atoms with Crippen molar-refractivity contribution in [1.29, 1.82) is 0 Å². The highest BCUT2D eigenvalue weighted by Gasteiger charge is 2.27. The van der Waals surface area contributed by atoms with E-state index in [1.54, 1.807) is 30.5 Å². The van der Waals surface area contributed by atoms with Gasteiger partial charge in [0.1, 0.15) is 12.7 Å². The lowest BCUT2D eigenvalue weighted by atomic mass is 9.92. The van der Waals surface area contributed by atoms with Crippen molar-refractivity contribution in [2.45, 2.75) is 32.0 Å². The number of nitrogens with zero attached hydrogens (tertiary/aromatic N) is 2. The minimum Gasteiger partial charge on any atom is -0.431 e. The molecular formula is C24H20ClN3O4. The van der Waals surface area contributed by atoms with Crippen LogP contribution < -0.4 is 5.56 Å². The first-order valence-corrected chi connectivity index (χ1v) is 10.7. The number of halogens is 1. The lowest BCUT2D eigenvalue weighted by molar-refractivity contribution is 0.0148. The molecule has 2 aromatic carbocycles. The number of aryl methyl sites for hydroxylation is 1. The van der Waals surface area contributed by atoms with E-state index in [-0.39, 0.29) is 18.3 Å². The number of nitrogens with one attached hydrogen (secondary N) is 1. The van der Waals surface area contributed by atoms with Gasteiger partial charge >= 0.3 is 6.16 Å². The van der Waals surface area contributed by atoms with Gasteiger partial charge in [-0.3, -0.25) is 14.9 Å². The van der Waals surface area contributed by atoms with E-state index in [1.807, 2.05) is 30.3 Å². The second-order valence-corrected chi connectivity index (χ2v) is 8.14. The lowest BCUT2D eigenvalue weighted by Gasteiger charge is -2.23. The number of aromatic amines is 1. The van der Waals surface area contributed by atoms with Crippen molar-refractivity contribution in [3.63, 3.8) is 0 Å². The van der Waals surface area contributed by atoms with Gasteiger partial charge in [0, 0.05) is 28.9 Å². The van der Waals surface area contributed by atoms with E-state index in [0.717, 1.165) is 16.8 Å². The van der Waals surface area contributed by atoms with Crippen LogP contribution in [0.2, 0.25) is 5.02 Å². The molecule has 0 spiro atoms. The van der Waals surface area contributed by atoms with E-state index in [9.17, 15) is 9.59 Å². The SMILES string of the molecule is O=C(OCc1ccccc1)OC1CCc2ncc3c(=O)n(-c4ccc(Cl)cc4)[nH]c3c2C1. The lowest BCUT2D eigenvalue weighted by Crippen LogP contribution is -2.26. The van der Waals surface area contributed by atoms with Crippen molar-refractivity contribution in [3.05, 3.63) is 93.0 Å². The zero-order valence-corrected chi connectivity index (χ0v) is 17.8. The van der Waals surface area contributed by atoms with Crippen LogP contribution in [-0.4, -0.2) is 27.0 Å². The number of rotatable bonds is 4. The Labute approximate surface area is 188 Å². The Morgan fingerprint density at radius 3 is 2.72 bits per heavy atom. The van der Waals surface area contributed by atoms with Crippen molar-refractivity contribution in [1.82, 2.24) is 14.8 Å². The van der Waals surface area contributed by atoms with Crippen LogP contribution in [0.3, 0.4) is 0 Å². The summed E-state index contributed by atoms with van der Waals surface area (Å²) in [5, 5.41) is 4.28. The van der Waals surface area contributed by atoms with Gasteiger partial charge in [-0.1, -0.05) is 41.9 Å². The summed E-state index contributed by atoms with van der Waals surface area (Å²) in [7, 11) is 0. The Balaban J connectivity index is 1.36. The molecule has 8 heteroatoms. The maximum atomic E-state index is 12.9. The number of hydrogen-bond donors (Lipinski definition) is 1. The number of H-pyrrole nitrogens is 1. The summed E-state index contributed by atoms with van der Waals surface area (Å²) in [4.78, 5) is 29.6. The van der Waals surface area contributed by atoms with Gasteiger partial charge in [-0.25, -0.2) is 9.48 Å². The highest BCUT2D eigenvalue weighted by atomic mass is 35.5. The van der Waals surface area contributed by atoms with Crippen molar-refractivity contribution >= 4 is 28.7 Å². The first-order valence-electron chi connectivity index (χ1n) is 10.3. The molecule has 0 saturated carbocycles. The molecule has 1 aliphatic carbocycles. The zero-order chi connectivity index (χ0) is 22.1. The van der Waals surface area contributed by atoms with E-state index in [1.165, 1.54) is 4.68 Å². The number of pyridine rings is 1. The fourth-order valence-electron chi connectivity index (χ4n) is 3.99. The average Bonchev–Trinajstić information content (AvgIpc) is 3.16. The number of hydrogen-bond acceptors (Lipinski definition) is 5. The molecule has 0 radical (unpaired) electrons. The van der Waals surface area contributed by atoms with E-state index >= 15 is 0 Å². The van der Waals surface area contributed by atoms with Gasteiger partial charge in [0.2, 0.25) is 0 Å². The Kier molecular flexibility index (Phi) is 5.41. The van der Waals surface area contributed by atoms with E-state index in [4.69, 9.17) is 21.1 Å². The van der Waals surface area contributed by atoms with Crippen LogP contribution in [0.4, 0.5) is 4.79 Å². The molecule has 32 heavy (non-hydrogen) atoms. The number of benzene rings is 2. The van der Waals surface area contributed by atoms with Crippen LogP contribution in [-0.2, 0) is 28.9 Å². The van der Waals surface area contributed by atoms with E-state index in [2.05, 4.69) is 10.1 Å². The van der Waals surface area contributed by atoms with Crippen molar-refractivity contribution in [3.8, 4) is 5.69 Å². The number of ether oxygens (including phenoxy) is 2. The topological polar surface area (TPSA) is 86.2 Å². The third kappa shape index (κ3) is 3.99. The summed E-state index contributed by atoms with van der Waals surface area (Å²) in [5.74, 6) is 0. The van der Waals surface area contributed by atoms with E-state index in [0.29, 0.717) is 40.9 Å². The third-order valence-electron chi connectivity index (χ3n) is 5.61. The number of carbonyl (C=O) groups is 1. The molecule has 2 heterocycles. The Morgan fingerprint density at radius 2 is 1.94 bits per heavy atom. The van der Waals surface area contributed by atoms with Crippen LogP contribution >= 0.6 is 11.6 Å². The molecule has 4 aromatic rings. The summed E-state index contributed by atoms with van der Waals surface area (Å²) >= 11 is 5.97. The van der Waals surface area contributed by atoms with Gasteiger partial charge < -0.3 is 9.47 Å². The number of fused-ring (bicyclic) bond motifs is 3.